The molecule has 2 heteroatoms. The molecule has 2 atom stereocenters. The summed E-state index contributed by atoms with van der Waals surface area (Å²) in [6.45, 7) is 4.74. The van der Waals surface area contributed by atoms with E-state index in [1.807, 2.05) is 0 Å². The van der Waals surface area contributed by atoms with Gasteiger partial charge >= 0.3 is 0 Å². The third-order valence-electron chi connectivity index (χ3n) is 2.71. The van der Waals surface area contributed by atoms with Gasteiger partial charge in [-0.15, -0.1) is 0 Å². The average Bonchev–Trinajstić information content (AvgIpc) is 2.72. The van der Waals surface area contributed by atoms with E-state index in [4.69, 9.17) is 0 Å². The van der Waals surface area contributed by atoms with Crippen molar-refractivity contribution in [2.45, 2.75) is 38.3 Å². The highest BCUT2D eigenvalue weighted by molar-refractivity contribution is 4.85. The van der Waals surface area contributed by atoms with Crippen molar-refractivity contribution < 1.29 is 0 Å². The minimum Gasteiger partial charge on any atom is -0.314 e. The molecular formula is C9H18N2. The topological polar surface area (TPSA) is 24.1 Å². The summed E-state index contributed by atoms with van der Waals surface area (Å²) in [7, 11) is 0. The minimum atomic E-state index is 0.751. The van der Waals surface area contributed by atoms with Crippen molar-refractivity contribution in [3.63, 3.8) is 0 Å². The largest absolute Gasteiger partial charge is 0.314 e. The molecule has 64 valence electrons. The van der Waals surface area contributed by atoms with Crippen LogP contribution in [0, 0.1) is 5.92 Å². The second-order valence-corrected chi connectivity index (χ2v) is 4.09. The van der Waals surface area contributed by atoms with Crippen molar-refractivity contribution in [3.05, 3.63) is 0 Å². The number of rotatable bonds is 3. The maximum atomic E-state index is 3.58. The first kappa shape index (κ1) is 7.56. The fourth-order valence-corrected chi connectivity index (χ4v) is 1.81. The Hall–Kier alpha value is -0.0800. The summed E-state index contributed by atoms with van der Waals surface area (Å²) in [4.78, 5) is 0. The molecule has 0 spiro atoms. The molecule has 2 fully saturated rings. The molecule has 0 bridgehead atoms. The van der Waals surface area contributed by atoms with Gasteiger partial charge in [0, 0.05) is 12.1 Å². The maximum Gasteiger partial charge on any atom is 0.00683 e. The molecule has 1 aliphatic heterocycles. The van der Waals surface area contributed by atoms with E-state index in [0.717, 1.165) is 18.0 Å². The predicted octanol–water partition coefficient (Wildman–Crippen LogP) is 0.736. The van der Waals surface area contributed by atoms with E-state index in [0.29, 0.717) is 0 Å². The van der Waals surface area contributed by atoms with Crippen molar-refractivity contribution in [1.82, 2.24) is 10.6 Å². The Morgan fingerprint density at radius 1 is 1.45 bits per heavy atom. The van der Waals surface area contributed by atoms with Crippen LogP contribution in [0.4, 0.5) is 0 Å². The van der Waals surface area contributed by atoms with E-state index < -0.39 is 0 Å². The first-order chi connectivity index (χ1) is 5.34. The van der Waals surface area contributed by atoms with Crippen molar-refractivity contribution in [2.75, 3.05) is 13.1 Å². The summed E-state index contributed by atoms with van der Waals surface area (Å²) in [5.41, 5.74) is 0. The van der Waals surface area contributed by atoms with Gasteiger partial charge in [-0.25, -0.2) is 0 Å². The van der Waals surface area contributed by atoms with Crippen LogP contribution in [-0.2, 0) is 0 Å². The van der Waals surface area contributed by atoms with Crippen LogP contribution < -0.4 is 10.6 Å². The van der Waals surface area contributed by atoms with Gasteiger partial charge in [-0.1, -0.05) is 0 Å². The lowest BCUT2D eigenvalue weighted by molar-refractivity contribution is 0.503. The van der Waals surface area contributed by atoms with Gasteiger partial charge in [-0.2, -0.15) is 0 Å². The standard InChI is InChI=1S/C9H18N2/c1-7-4-8(5-10-7)6-11-9-2-3-9/h7-11H,2-6H2,1H3. The smallest absolute Gasteiger partial charge is 0.00683 e. The van der Waals surface area contributed by atoms with Gasteiger partial charge in [0.05, 0.1) is 0 Å². The monoisotopic (exact) mass is 154 g/mol. The SMILES string of the molecule is CC1CC(CNC2CC2)CN1. The van der Waals surface area contributed by atoms with Crippen LogP contribution in [-0.4, -0.2) is 25.2 Å². The highest BCUT2D eigenvalue weighted by Crippen LogP contribution is 2.20. The Kier molecular flexibility index (Phi) is 2.14. The van der Waals surface area contributed by atoms with Crippen LogP contribution in [0.5, 0.6) is 0 Å². The van der Waals surface area contributed by atoms with Gasteiger partial charge in [-0.3, -0.25) is 0 Å². The second-order valence-electron chi connectivity index (χ2n) is 4.09. The summed E-state index contributed by atoms with van der Waals surface area (Å²) in [5, 5.41) is 7.05. The number of hydrogen-bond donors (Lipinski definition) is 2. The van der Waals surface area contributed by atoms with Crippen molar-refractivity contribution >= 4 is 0 Å². The van der Waals surface area contributed by atoms with Crippen molar-refractivity contribution in [2.24, 2.45) is 5.92 Å². The fraction of sp³-hybridized carbons (Fsp3) is 1.00. The third-order valence-corrected chi connectivity index (χ3v) is 2.71. The number of nitrogens with one attached hydrogen (secondary N) is 2. The lowest BCUT2D eigenvalue weighted by atomic mass is 10.1. The number of hydrogen-bond acceptors (Lipinski definition) is 2. The van der Waals surface area contributed by atoms with Crippen LogP contribution in [0.25, 0.3) is 0 Å². The zero-order valence-electron chi connectivity index (χ0n) is 7.27. The first-order valence-electron chi connectivity index (χ1n) is 4.81. The van der Waals surface area contributed by atoms with Crippen LogP contribution in [0.3, 0.4) is 0 Å². The Morgan fingerprint density at radius 3 is 2.82 bits per heavy atom. The average molecular weight is 154 g/mol. The van der Waals surface area contributed by atoms with Crippen molar-refractivity contribution in [1.29, 1.82) is 0 Å². The Balaban J connectivity index is 1.62. The normalized spacial score (nSPS) is 37.9. The molecule has 2 rings (SSSR count). The van der Waals surface area contributed by atoms with Crippen LogP contribution in [0.15, 0.2) is 0 Å². The zero-order valence-corrected chi connectivity index (χ0v) is 7.27. The molecule has 0 aromatic rings. The van der Waals surface area contributed by atoms with E-state index in [2.05, 4.69) is 17.6 Å². The van der Waals surface area contributed by atoms with Crippen LogP contribution in [0.2, 0.25) is 0 Å². The predicted molar refractivity (Wildman–Crippen MR) is 46.6 cm³/mol. The first-order valence-corrected chi connectivity index (χ1v) is 4.81. The lowest BCUT2D eigenvalue weighted by Gasteiger charge is -2.08. The lowest BCUT2D eigenvalue weighted by Crippen LogP contribution is -2.25. The van der Waals surface area contributed by atoms with Crippen LogP contribution in [0.1, 0.15) is 26.2 Å². The molecule has 1 aliphatic carbocycles. The molecular weight excluding hydrogens is 136 g/mol. The van der Waals surface area contributed by atoms with Gasteiger partial charge < -0.3 is 10.6 Å². The Morgan fingerprint density at radius 2 is 2.27 bits per heavy atom. The van der Waals surface area contributed by atoms with E-state index in [-0.39, 0.29) is 0 Å². The fourth-order valence-electron chi connectivity index (χ4n) is 1.81. The van der Waals surface area contributed by atoms with E-state index >= 15 is 0 Å². The summed E-state index contributed by atoms with van der Waals surface area (Å²) in [5.74, 6) is 0.894. The van der Waals surface area contributed by atoms with Gasteiger partial charge in [0.1, 0.15) is 0 Å². The Labute approximate surface area is 68.7 Å². The highest BCUT2D eigenvalue weighted by Gasteiger charge is 2.24. The highest BCUT2D eigenvalue weighted by atomic mass is 15.0. The molecule has 2 nitrogen and oxygen atoms in total. The molecule has 11 heavy (non-hydrogen) atoms. The molecule has 1 heterocycles. The molecule has 2 N–H and O–H groups in total. The molecule has 2 unspecified atom stereocenters. The van der Waals surface area contributed by atoms with E-state index in [9.17, 15) is 0 Å². The van der Waals surface area contributed by atoms with E-state index in [1.54, 1.807) is 0 Å². The quantitative estimate of drug-likeness (QED) is 0.626. The van der Waals surface area contributed by atoms with Gasteiger partial charge in [-0.05, 0) is 45.2 Å². The summed E-state index contributed by atoms with van der Waals surface area (Å²) in [6.07, 6.45) is 4.19. The van der Waals surface area contributed by atoms with Gasteiger partial charge in [0.25, 0.3) is 0 Å². The molecule has 1 saturated heterocycles. The molecule has 0 aromatic heterocycles. The van der Waals surface area contributed by atoms with Gasteiger partial charge in [0.2, 0.25) is 0 Å². The molecule has 0 radical (unpaired) electrons. The molecule has 1 saturated carbocycles. The summed E-state index contributed by atoms with van der Waals surface area (Å²) < 4.78 is 0. The Bertz CT molecular complexity index is 132. The second kappa shape index (κ2) is 3.11. The molecule has 2 aliphatic rings. The summed E-state index contributed by atoms with van der Waals surface area (Å²) in [6, 6.07) is 1.63. The zero-order chi connectivity index (χ0) is 7.68. The maximum absolute atomic E-state index is 3.58. The summed E-state index contributed by atoms with van der Waals surface area (Å²) >= 11 is 0. The minimum absolute atomic E-state index is 0.751. The molecule has 0 amide bonds. The van der Waals surface area contributed by atoms with E-state index in [1.165, 1.54) is 32.4 Å². The molecule has 0 aromatic carbocycles. The van der Waals surface area contributed by atoms with Crippen LogP contribution >= 0.6 is 0 Å². The third kappa shape index (κ3) is 2.17. The van der Waals surface area contributed by atoms with Crippen molar-refractivity contribution in [3.8, 4) is 0 Å². The van der Waals surface area contributed by atoms with Gasteiger partial charge in [0.15, 0.2) is 0 Å².